The van der Waals surface area contributed by atoms with Crippen LogP contribution in [-0.2, 0) is 4.74 Å². The molecule has 1 saturated heterocycles. The Kier molecular flexibility index (Phi) is 6.74. The van der Waals surface area contributed by atoms with Gasteiger partial charge in [-0.3, -0.25) is 0 Å². The van der Waals surface area contributed by atoms with Gasteiger partial charge in [-0.05, 0) is 52.0 Å². The summed E-state index contributed by atoms with van der Waals surface area (Å²) in [5, 5.41) is 3.39. The quantitative estimate of drug-likeness (QED) is 0.671. The fraction of sp³-hybridized carbons (Fsp3) is 0.857. The Balaban J connectivity index is 2.19. The van der Waals surface area contributed by atoms with Gasteiger partial charge in [-0.1, -0.05) is 19.1 Å². The van der Waals surface area contributed by atoms with E-state index in [0.29, 0.717) is 12.1 Å². The number of hydrogen-bond donors (Lipinski definition) is 1. The first-order valence-electron chi connectivity index (χ1n) is 6.71. The first-order chi connectivity index (χ1) is 7.76. The van der Waals surface area contributed by atoms with Crippen molar-refractivity contribution in [3.05, 3.63) is 12.2 Å². The van der Waals surface area contributed by atoms with Crippen molar-refractivity contribution in [1.82, 2.24) is 5.32 Å². The average Bonchev–Trinajstić information content (AvgIpc) is 2.35. The molecular weight excluding hydrogens is 198 g/mol. The van der Waals surface area contributed by atoms with Gasteiger partial charge in [-0.15, -0.1) is 0 Å². The van der Waals surface area contributed by atoms with Gasteiger partial charge in [0.05, 0.1) is 6.10 Å². The second-order valence-corrected chi connectivity index (χ2v) is 4.86. The van der Waals surface area contributed by atoms with Gasteiger partial charge in [0.2, 0.25) is 0 Å². The Hall–Kier alpha value is -0.340. The standard InChI is InChI=1S/C14H27NO/c1-4-12(2)11-13(15-3)8-9-14-7-5-6-10-16-14/h13-15H,2,4-11H2,1,3H3. The zero-order valence-electron chi connectivity index (χ0n) is 10.9. The minimum Gasteiger partial charge on any atom is -0.378 e. The third kappa shape index (κ3) is 5.13. The first-order valence-corrected chi connectivity index (χ1v) is 6.71. The monoisotopic (exact) mass is 225 g/mol. The molecule has 2 unspecified atom stereocenters. The number of nitrogens with one attached hydrogen (secondary N) is 1. The lowest BCUT2D eigenvalue weighted by molar-refractivity contribution is 0.00869. The predicted molar refractivity (Wildman–Crippen MR) is 69.7 cm³/mol. The van der Waals surface area contributed by atoms with Crippen molar-refractivity contribution in [3.63, 3.8) is 0 Å². The second-order valence-electron chi connectivity index (χ2n) is 4.86. The van der Waals surface area contributed by atoms with Gasteiger partial charge in [-0.25, -0.2) is 0 Å². The van der Waals surface area contributed by atoms with Gasteiger partial charge in [0.25, 0.3) is 0 Å². The number of rotatable bonds is 7. The molecule has 0 aromatic rings. The highest BCUT2D eigenvalue weighted by Gasteiger charge is 2.16. The summed E-state index contributed by atoms with van der Waals surface area (Å²) in [5.41, 5.74) is 1.35. The van der Waals surface area contributed by atoms with Gasteiger partial charge in [0.15, 0.2) is 0 Å². The molecule has 2 atom stereocenters. The lowest BCUT2D eigenvalue weighted by Crippen LogP contribution is -2.28. The Morgan fingerprint density at radius 2 is 2.31 bits per heavy atom. The molecule has 0 spiro atoms. The maximum atomic E-state index is 5.75. The summed E-state index contributed by atoms with van der Waals surface area (Å²) in [4.78, 5) is 0. The van der Waals surface area contributed by atoms with E-state index in [9.17, 15) is 0 Å². The first kappa shape index (κ1) is 13.7. The van der Waals surface area contributed by atoms with E-state index in [0.717, 1.165) is 19.4 Å². The van der Waals surface area contributed by atoms with Crippen molar-refractivity contribution in [2.45, 2.75) is 64.0 Å². The molecule has 2 nitrogen and oxygen atoms in total. The maximum absolute atomic E-state index is 5.75. The molecular formula is C14H27NO. The SMILES string of the molecule is C=C(CC)CC(CCC1CCCCO1)NC. The topological polar surface area (TPSA) is 21.3 Å². The molecule has 0 bridgehead atoms. The highest BCUT2D eigenvalue weighted by molar-refractivity contribution is 4.96. The molecule has 1 heterocycles. The number of ether oxygens (including phenoxy) is 1. The van der Waals surface area contributed by atoms with E-state index < -0.39 is 0 Å². The summed E-state index contributed by atoms with van der Waals surface area (Å²) in [6, 6.07) is 0.581. The summed E-state index contributed by atoms with van der Waals surface area (Å²) in [6.45, 7) is 7.23. The average molecular weight is 225 g/mol. The molecule has 16 heavy (non-hydrogen) atoms. The van der Waals surface area contributed by atoms with Gasteiger partial charge in [-0.2, -0.15) is 0 Å². The van der Waals surface area contributed by atoms with E-state index >= 15 is 0 Å². The second kappa shape index (κ2) is 7.86. The number of hydrogen-bond acceptors (Lipinski definition) is 2. The van der Waals surface area contributed by atoms with Crippen molar-refractivity contribution < 1.29 is 4.74 Å². The van der Waals surface area contributed by atoms with Crippen LogP contribution < -0.4 is 5.32 Å². The molecule has 0 aromatic heterocycles. The molecule has 0 aliphatic carbocycles. The third-order valence-electron chi connectivity index (χ3n) is 3.55. The molecule has 94 valence electrons. The van der Waals surface area contributed by atoms with Crippen LogP contribution in [0.2, 0.25) is 0 Å². The Bertz CT molecular complexity index is 197. The van der Waals surface area contributed by atoms with Crippen LogP contribution in [0.25, 0.3) is 0 Å². The molecule has 0 radical (unpaired) electrons. The van der Waals surface area contributed by atoms with E-state index in [4.69, 9.17) is 4.74 Å². The zero-order chi connectivity index (χ0) is 11.8. The van der Waals surface area contributed by atoms with Crippen molar-refractivity contribution >= 4 is 0 Å². The van der Waals surface area contributed by atoms with Crippen LogP contribution in [0.5, 0.6) is 0 Å². The van der Waals surface area contributed by atoms with Gasteiger partial charge in [0.1, 0.15) is 0 Å². The molecule has 0 saturated carbocycles. The lowest BCUT2D eigenvalue weighted by atomic mass is 9.97. The van der Waals surface area contributed by atoms with Crippen molar-refractivity contribution in [2.75, 3.05) is 13.7 Å². The van der Waals surface area contributed by atoms with Gasteiger partial charge >= 0.3 is 0 Å². The van der Waals surface area contributed by atoms with E-state index in [1.807, 2.05) is 0 Å². The molecule has 1 fully saturated rings. The Morgan fingerprint density at radius 3 is 2.88 bits per heavy atom. The van der Waals surface area contributed by atoms with Gasteiger partial charge in [0, 0.05) is 12.6 Å². The zero-order valence-corrected chi connectivity index (χ0v) is 10.9. The smallest absolute Gasteiger partial charge is 0.0575 e. The van der Waals surface area contributed by atoms with Crippen LogP contribution in [0.3, 0.4) is 0 Å². The minimum absolute atomic E-state index is 0.513. The van der Waals surface area contributed by atoms with Crippen molar-refractivity contribution in [1.29, 1.82) is 0 Å². The molecule has 1 rings (SSSR count). The Labute approximate surface area is 100 Å². The normalized spacial score (nSPS) is 23.0. The minimum atomic E-state index is 0.513. The van der Waals surface area contributed by atoms with Crippen LogP contribution in [0, 0.1) is 0 Å². The molecule has 2 heteroatoms. The van der Waals surface area contributed by atoms with Crippen LogP contribution in [0.15, 0.2) is 12.2 Å². The summed E-state index contributed by atoms with van der Waals surface area (Å²) in [5.74, 6) is 0. The largest absolute Gasteiger partial charge is 0.378 e. The third-order valence-corrected chi connectivity index (χ3v) is 3.55. The fourth-order valence-electron chi connectivity index (χ4n) is 2.26. The highest BCUT2D eigenvalue weighted by Crippen LogP contribution is 2.19. The van der Waals surface area contributed by atoms with Crippen LogP contribution >= 0.6 is 0 Å². The van der Waals surface area contributed by atoms with Gasteiger partial charge < -0.3 is 10.1 Å². The van der Waals surface area contributed by atoms with Crippen molar-refractivity contribution in [3.8, 4) is 0 Å². The van der Waals surface area contributed by atoms with E-state index in [1.165, 1.54) is 37.7 Å². The molecule has 1 aliphatic rings. The predicted octanol–water partition coefficient (Wildman–Crippen LogP) is 3.28. The Morgan fingerprint density at radius 1 is 1.50 bits per heavy atom. The van der Waals surface area contributed by atoms with Crippen molar-refractivity contribution in [2.24, 2.45) is 0 Å². The summed E-state index contributed by atoms with van der Waals surface area (Å²) >= 11 is 0. The molecule has 0 aromatic carbocycles. The summed E-state index contributed by atoms with van der Waals surface area (Å²) in [6.07, 6.45) is 8.97. The van der Waals surface area contributed by atoms with Crippen LogP contribution in [0.1, 0.15) is 51.9 Å². The lowest BCUT2D eigenvalue weighted by Gasteiger charge is -2.25. The summed E-state index contributed by atoms with van der Waals surface area (Å²) < 4.78 is 5.75. The molecule has 1 aliphatic heterocycles. The van der Waals surface area contributed by atoms with E-state index in [-0.39, 0.29) is 0 Å². The molecule has 1 N–H and O–H groups in total. The van der Waals surface area contributed by atoms with E-state index in [1.54, 1.807) is 0 Å². The van der Waals surface area contributed by atoms with E-state index in [2.05, 4.69) is 25.9 Å². The highest BCUT2D eigenvalue weighted by atomic mass is 16.5. The van der Waals surface area contributed by atoms with Crippen LogP contribution in [-0.4, -0.2) is 25.8 Å². The maximum Gasteiger partial charge on any atom is 0.0575 e. The fourth-order valence-corrected chi connectivity index (χ4v) is 2.26. The summed E-state index contributed by atoms with van der Waals surface area (Å²) in [7, 11) is 2.05. The molecule has 0 amide bonds. The van der Waals surface area contributed by atoms with Crippen LogP contribution in [0.4, 0.5) is 0 Å².